The quantitative estimate of drug-likeness (QED) is 0.407. The van der Waals surface area contributed by atoms with E-state index < -0.39 is 0 Å². The molecule has 2 atom stereocenters. The van der Waals surface area contributed by atoms with Gasteiger partial charge >= 0.3 is 0 Å². The largest absolute Gasteiger partial charge is 0.210 e. The highest BCUT2D eigenvalue weighted by molar-refractivity contribution is 6.03. The first-order chi connectivity index (χ1) is 13.5. The molecule has 28 heavy (non-hydrogen) atoms. The summed E-state index contributed by atoms with van der Waals surface area (Å²) in [5.41, 5.74) is 7.48. The second-order valence-electron chi connectivity index (χ2n) is 8.71. The molecular weight excluding hydrogens is 338 g/mol. The Morgan fingerprint density at radius 2 is 1.54 bits per heavy atom. The molecule has 1 aromatic carbocycles. The summed E-state index contributed by atoms with van der Waals surface area (Å²) in [6, 6.07) is 15.9. The van der Waals surface area contributed by atoms with E-state index >= 15 is 0 Å². The Balaban J connectivity index is 2.23. The van der Waals surface area contributed by atoms with Gasteiger partial charge in [-0.2, -0.15) is 4.57 Å². The average Bonchev–Trinajstić information content (AvgIpc) is 3.06. The zero-order valence-electron chi connectivity index (χ0n) is 18.2. The van der Waals surface area contributed by atoms with Crippen LogP contribution in [0.1, 0.15) is 77.1 Å². The predicted octanol–water partition coefficient (Wildman–Crippen LogP) is 6.68. The van der Waals surface area contributed by atoms with Crippen LogP contribution in [0.25, 0.3) is 11.1 Å². The van der Waals surface area contributed by atoms with Gasteiger partial charge in [0.1, 0.15) is 0 Å². The minimum Gasteiger partial charge on any atom is -0.189 e. The molecule has 0 spiro atoms. The zero-order valence-corrected chi connectivity index (χ0v) is 18.2. The average molecular weight is 373 g/mol. The van der Waals surface area contributed by atoms with Crippen molar-refractivity contribution in [1.82, 2.24) is 0 Å². The van der Waals surface area contributed by atoms with Gasteiger partial charge in [-0.25, -0.2) is 0 Å². The number of benzene rings is 1. The van der Waals surface area contributed by atoms with E-state index in [1.165, 1.54) is 16.8 Å². The van der Waals surface area contributed by atoms with Crippen molar-refractivity contribution >= 4 is 11.1 Å². The van der Waals surface area contributed by atoms with Crippen molar-refractivity contribution in [3.63, 3.8) is 0 Å². The Hall–Kier alpha value is -2.15. The molecule has 0 radical (unpaired) electrons. The van der Waals surface area contributed by atoms with Gasteiger partial charge in [0, 0.05) is 29.5 Å². The lowest BCUT2D eigenvalue weighted by atomic mass is 9.58. The Morgan fingerprint density at radius 1 is 0.857 bits per heavy atom. The van der Waals surface area contributed by atoms with Crippen LogP contribution >= 0.6 is 0 Å². The number of nitrogens with zero attached hydrogens (tertiary/aromatic N) is 1. The van der Waals surface area contributed by atoms with Crippen molar-refractivity contribution in [2.75, 3.05) is 0 Å². The highest BCUT2D eigenvalue weighted by atomic mass is 15.1. The Labute approximate surface area is 170 Å². The van der Waals surface area contributed by atoms with Gasteiger partial charge in [0.05, 0.1) is 5.41 Å². The SMILES string of the molecule is C=CC1(CC)[n+]2ccccc2C2=C(c3ccccc3C2(CC)CC)C1(C)CC. The lowest BCUT2D eigenvalue weighted by molar-refractivity contribution is -0.769. The monoisotopic (exact) mass is 372 g/mol. The lowest BCUT2D eigenvalue weighted by Gasteiger charge is -2.47. The molecule has 0 amide bonds. The van der Waals surface area contributed by atoms with Crippen LogP contribution in [-0.2, 0) is 11.0 Å². The van der Waals surface area contributed by atoms with Crippen molar-refractivity contribution in [1.29, 1.82) is 0 Å². The van der Waals surface area contributed by atoms with Gasteiger partial charge in [-0.05, 0) is 55.0 Å². The second kappa shape index (κ2) is 6.44. The predicted molar refractivity (Wildman–Crippen MR) is 119 cm³/mol. The van der Waals surface area contributed by atoms with Gasteiger partial charge < -0.3 is 0 Å². The third-order valence-corrected chi connectivity index (χ3v) is 8.28. The molecule has 1 aromatic heterocycles. The molecule has 0 bridgehead atoms. The van der Waals surface area contributed by atoms with Crippen molar-refractivity contribution in [2.24, 2.45) is 5.41 Å². The third-order valence-electron chi connectivity index (χ3n) is 8.28. The van der Waals surface area contributed by atoms with E-state index in [2.05, 4.69) is 101 Å². The van der Waals surface area contributed by atoms with E-state index in [9.17, 15) is 0 Å². The molecule has 2 unspecified atom stereocenters. The second-order valence-corrected chi connectivity index (χ2v) is 8.71. The fraction of sp³-hybridized carbons (Fsp3) is 0.444. The van der Waals surface area contributed by atoms with E-state index in [0.717, 1.165) is 25.7 Å². The molecule has 1 heteroatoms. The normalized spacial score (nSPS) is 27.2. The third kappa shape index (κ3) is 1.95. The van der Waals surface area contributed by atoms with Crippen molar-refractivity contribution in [3.8, 4) is 0 Å². The summed E-state index contributed by atoms with van der Waals surface area (Å²) in [5.74, 6) is 0. The van der Waals surface area contributed by atoms with E-state index in [1.807, 2.05) is 0 Å². The smallest absolute Gasteiger partial charge is 0.189 e. The maximum atomic E-state index is 4.37. The summed E-state index contributed by atoms with van der Waals surface area (Å²) in [7, 11) is 0. The van der Waals surface area contributed by atoms with E-state index in [0.29, 0.717) is 0 Å². The van der Waals surface area contributed by atoms with E-state index in [1.54, 1.807) is 11.1 Å². The van der Waals surface area contributed by atoms with Gasteiger partial charge in [0.2, 0.25) is 5.69 Å². The zero-order chi connectivity index (χ0) is 20.2. The van der Waals surface area contributed by atoms with Crippen LogP contribution in [0.2, 0.25) is 0 Å². The summed E-state index contributed by atoms with van der Waals surface area (Å²) in [4.78, 5) is 0. The number of rotatable bonds is 5. The van der Waals surface area contributed by atoms with Gasteiger partial charge in [0.15, 0.2) is 11.7 Å². The molecule has 146 valence electrons. The number of aromatic nitrogens is 1. The molecule has 1 aliphatic heterocycles. The van der Waals surface area contributed by atoms with Gasteiger partial charge in [-0.1, -0.05) is 58.5 Å². The Kier molecular flexibility index (Phi) is 4.41. The van der Waals surface area contributed by atoms with Crippen LogP contribution in [0.3, 0.4) is 0 Å². The molecule has 2 heterocycles. The van der Waals surface area contributed by atoms with E-state index in [4.69, 9.17) is 0 Å². The molecule has 2 aromatic rings. The van der Waals surface area contributed by atoms with Gasteiger partial charge in [-0.15, -0.1) is 0 Å². The first kappa shape index (κ1) is 19.2. The fourth-order valence-electron chi connectivity index (χ4n) is 6.55. The standard InChI is InChI=1S/C27H34N/c1-7-25(6)23-20-16-12-13-17-21(20)26(8-2,9-3)24(23)22-18-14-15-19-28(22)27(25,10-4)11-5/h10,12-19H,4,7-9,11H2,1-3,5-6H3/q+1. The first-order valence-electron chi connectivity index (χ1n) is 11.0. The summed E-state index contributed by atoms with van der Waals surface area (Å²) >= 11 is 0. The van der Waals surface area contributed by atoms with Crippen LogP contribution in [0.15, 0.2) is 61.3 Å². The van der Waals surface area contributed by atoms with Crippen molar-refractivity contribution in [3.05, 3.63) is 78.1 Å². The molecular formula is C27H34N+. The van der Waals surface area contributed by atoms with Crippen LogP contribution in [0, 0.1) is 5.41 Å². The summed E-state index contributed by atoms with van der Waals surface area (Å²) < 4.78 is 2.55. The number of fused-ring (bicyclic) bond motifs is 4. The van der Waals surface area contributed by atoms with Crippen LogP contribution in [0.4, 0.5) is 0 Å². The lowest BCUT2D eigenvalue weighted by Crippen LogP contribution is -2.67. The molecule has 2 aliphatic rings. The molecule has 4 rings (SSSR count). The summed E-state index contributed by atoms with van der Waals surface area (Å²) in [6.07, 6.45) is 8.89. The van der Waals surface area contributed by atoms with Gasteiger partial charge in [-0.3, -0.25) is 0 Å². The molecule has 0 saturated heterocycles. The fourth-order valence-corrected chi connectivity index (χ4v) is 6.55. The van der Waals surface area contributed by atoms with Crippen molar-refractivity contribution in [2.45, 2.75) is 71.3 Å². The number of allylic oxidation sites excluding steroid dienone is 3. The van der Waals surface area contributed by atoms with Crippen LogP contribution < -0.4 is 4.57 Å². The molecule has 1 aliphatic carbocycles. The number of hydrogen-bond donors (Lipinski definition) is 0. The molecule has 0 N–H and O–H groups in total. The maximum Gasteiger partial charge on any atom is 0.210 e. The number of hydrogen-bond acceptors (Lipinski definition) is 0. The highest BCUT2D eigenvalue weighted by Crippen LogP contribution is 2.65. The molecule has 0 saturated carbocycles. The summed E-state index contributed by atoms with van der Waals surface area (Å²) in [5, 5.41) is 0. The van der Waals surface area contributed by atoms with Gasteiger partial charge in [0.25, 0.3) is 0 Å². The van der Waals surface area contributed by atoms with Crippen molar-refractivity contribution < 1.29 is 4.57 Å². The maximum absolute atomic E-state index is 4.37. The minimum absolute atomic E-state index is 0.0000463. The molecule has 1 nitrogen and oxygen atoms in total. The number of pyridine rings is 1. The summed E-state index contributed by atoms with van der Waals surface area (Å²) in [6.45, 7) is 16.3. The minimum atomic E-state index is -0.123. The first-order valence-corrected chi connectivity index (χ1v) is 11.0. The Bertz CT molecular complexity index is 962. The highest BCUT2D eigenvalue weighted by Gasteiger charge is 2.63. The topological polar surface area (TPSA) is 3.88 Å². The van der Waals surface area contributed by atoms with Crippen LogP contribution in [0.5, 0.6) is 0 Å². The molecule has 0 fully saturated rings. The Morgan fingerprint density at radius 3 is 2.14 bits per heavy atom. The van der Waals surface area contributed by atoms with Crippen LogP contribution in [-0.4, -0.2) is 0 Å². The van der Waals surface area contributed by atoms with E-state index in [-0.39, 0.29) is 16.4 Å².